The quantitative estimate of drug-likeness (QED) is 0.634. The summed E-state index contributed by atoms with van der Waals surface area (Å²) in [4.78, 5) is -0.418. The van der Waals surface area contributed by atoms with E-state index in [0.717, 1.165) is 5.56 Å². The first-order valence-electron chi connectivity index (χ1n) is 4.15. The lowest BCUT2D eigenvalue weighted by Gasteiger charge is -2.36. The molecule has 0 spiro atoms. The minimum Gasteiger partial charge on any atom is -0.377 e. The summed E-state index contributed by atoms with van der Waals surface area (Å²) in [5, 5.41) is 0. The van der Waals surface area contributed by atoms with Gasteiger partial charge in [-0.1, -0.05) is 12.1 Å². The van der Waals surface area contributed by atoms with Crippen molar-refractivity contribution in [3.63, 3.8) is 0 Å². The van der Waals surface area contributed by atoms with E-state index in [4.69, 9.17) is 16.3 Å². The van der Waals surface area contributed by atoms with Gasteiger partial charge in [0.05, 0.1) is 13.2 Å². The Labute approximate surface area is 81.5 Å². The molecule has 1 aliphatic heterocycles. The summed E-state index contributed by atoms with van der Waals surface area (Å²) in [5.74, 6) is -0.191. The summed E-state index contributed by atoms with van der Waals surface area (Å²) in [5.41, 5.74) is 1.57. The molecule has 0 unspecified atom stereocenters. The van der Waals surface area contributed by atoms with Crippen LogP contribution < -0.4 is 0 Å². The highest BCUT2D eigenvalue weighted by Gasteiger charge is 2.38. The van der Waals surface area contributed by atoms with Gasteiger partial charge in [0.15, 0.2) is 0 Å². The van der Waals surface area contributed by atoms with E-state index in [9.17, 15) is 4.39 Å². The van der Waals surface area contributed by atoms with Crippen LogP contribution >= 0.6 is 11.6 Å². The van der Waals surface area contributed by atoms with Gasteiger partial charge in [-0.3, -0.25) is 0 Å². The molecule has 0 N–H and O–H groups in total. The van der Waals surface area contributed by atoms with Crippen molar-refractivity contribution in [1.29, 1.82) is 0 Å². The lowest BCUT2D eigenvalue weighted by atomic mass is 9.95. The van der Waals surface area contributed by atoms with Crippen molar-refractivity contribution in [3.8, 4) is 0 Å². The topological polar surface area (TPSA) is 9.23 Å². The Balaban J connectivity index is 2.36. The number of rotatable bonds is 1. The summed E-state index contributed by atoms with van der Waals surface area (Å²) >= 11 is 6.21. The normalized spacial score (nSPS) is 19.6. The van der Waals surface area contributed by atoms with Gasteiger partial charge in [-0.05, 0) is 24.1 Å². The van der Waals surface area contributed by atoms with Crippen LogP contribution in [0.5, 0.6) is 0 Å². The third-order valence-corrected chi connectivity index (χ3v) is 2.77. The number of alkyl halides is 1. The molecule has 1 fully saturated rings. The minimum atomic E-state index is -0.418. The third kappa shape index (κ3) is 1.45. The van der Waals surface area contributed by atoms with Gasteiger partial charge in [0, 0.05) is 0 Å². The maximum Gasteiger partial charge on any atom is 0.126 e. The van der Waals surface area contributed by atoms with Crippen molar-refractivity contribution in [1.82, 2.24) is 0 Å². The van der Waals surface area contributed by atoms with Crippen LogP contribution in [0.25, 0.3) is 0 Å². The van der Waals surface area contributed by atoms with Crippen molar-refractivity contribution in [3.05, 3.63) is 35.1 Å². The number of hydrogen-bond acceptors (Lipinski definition) is 1. The van der Waals surface area contributed by atoms with Crippen LogP contribution in [0.2, 0.25) is 0 Å². The molecule has 0 saturated carbocycles. The van der Waals surface area contributed by atoms with Crippen molar-refractivity contribution in [2.45, 2.75) is 11.8 Å². The van der Waals surface area contributed by atoms with Crippen molar-refractivity contribution in [2.24, 2.45) is 0 Å². The molecule has 13 heavy (non-hydrogen) atoms. The zero-order valence-electron chi connectivity index (χ0n) is 7.31. The predicted molar refractivity (Wildman–Crippen MR) is 49.5 cm³/mol. The Morgan fingerprint density at radius 1 is 1.46 bits per heavy atom. The number of halogens is 2. The maximum absolute atomic E-state index is 12.9. The molecule has 1 nitrogen and oxygen atoms in total. The molecule has 3 heteroatoms. The highest BCUT2D eigenvalue weighted by molar-refractivity contribution is 6.24. The second-order valence-electron chi connectivity index (χ2n) is 3.42. The SMILES string of the molecule is Cc1cc(C2(Cl)COC2)ccc1F. The fourth-order valence-electron chi connectivity index (χ4n) is 1.37. The highest BCUT2D eigenvalue weighted by atomic mass is 35.5. The fourth-order valence-corrected chi connectivity index (χ4v) is 1.64. The Hall–Kier alpha value is -0.600. The van der Waals surface area contributed by atoms with Crippen LogP contribution in [0.15, 0.2) is 18.2 Å². The second kappa shape index (κ2) is 2.96. The summed E-state index contributed by atoms with van der Waals surface area (Å²) in [6.07, 6.45) is 0. The first-order valence-corrected chi connectivity index (χ1v) is 4.53. The van der Waals surface area contributed by atoms with Gasteiger partial charge in [0.2, 0.25) is 0 Å². The molecule has 0 aliphatic carbocycles. The number of hydrogen-bond donors (Lipinski definition) is 0. The van der Waals surface area contributed by atoms with Gasteiger partial charge in [-0.2, -0.15) is 0 Å². The molecule has 1 aromatic rings. The lowest BCUT2D eigenvalue weighted by molar-refractivity contribution is -0.0152. The van der Waals surface area contributed by atoms with Crippen LogP contribution in [0, 0.1) is 12.7 Å². The first kappa shape index (κ1) is 8.97. The van der Waals surface area contributed by atoms with E-state index >= 15 is 0 Å². The van der Waals surface area contributed by atoms with E-state index < -0.39 is 4.87 Å². The van der Waals surface area contributed by atoms with E-state index in [2.05, 4.69) is 0 Å². The summed E-state index contributed by atoms with van der Waals surface area (Å²) in [7, 11) is 0. The minimum absolute atomic E-state index is 0.191. The number of benzene rings is 1. The van der Waals surface area contributed by atoms with Gasteiger partial charge in [-0.25, -0.2) is 4.39 Å². The Kier molecular flexibility index (Phi) is 2.05. The molecule has 1 aliphatic rings. The zero-order chi connectivity index (χ0) is 9.47. The molecule has 70 valence electrons. The summed E-state index contributed by atoms with van der Waals surface area (Å²) in [6, 6.07) is 4.95. The molecule has 0 radical (unpaired) electrons. The van der Waals surface area contributed by atoms with Crippen molar-refractivity contribution >= 4 is 11.6 Å². The van der Waals surface area contributed by atoms with Gasteiger partial charge in [0.1, 0.15) is 10.7 Å². The van der Waals surface area contributed by atoms with E-state index in [1.165, 1.54) is 6.07 Å². The molecule has 0 aromatic heterocycles. The van der Waals surface area contributed by atoms with Crippen LogP contribution in [0.1, 0.15) is 11.1 Å². The molecule has 1 saturated heterocycles. The average molecular weight is 201 g/mol. The second-order valence-corrected chi connectivity index (χ2v) is 4.15. The Morgan fingerprint density at radius 3 is 2.62 bits per heavy atom. The van der Waals surface area contributed by atoms with Gasteiger partial charge < -0.3 is 4.74 Å². The highest BCUT2D eigenvalue weighted by Crippen LogP contribution is 2.36. The molecule has 0 atom stereocenters. The zero-order valence-corrected chi connectivity index (χ0v) is 8.07. The molecule has 0 amide bonds. The summed E-state index contributed by atoms with van der Waals surface area (Å²) < 4.78 is 18.0. The standard InChI is InChI=1S/C10H10ClFO/c1-7-4-8(2-3-9(7)12)10(11)5-13-6-10/h2-4H,5-6H2,1H3. The molecular weight excluding hydrogens is 191 g/mol. The predicted octanol–water partition coefficient (Wildman–Crippen LogP) is 2.60. The van der Waals surface area contributed by atoms with Crippen molar-refractivity contribution < 1.29 is 9.13 Å². The molecular formula is C10H10ClFO. The Morgan fingerprint density at radius 2 is 2.15 bits per heavy atom. The van der Waals surface area contributed by atoms with E-state index in [0.29, 0.717) is 18.8 Å². The maximum atomic E-state index is 12.9. The van der Waals surface area contributed by atoms with Gasteiger partial charge in [-0.15, -0.1) is 11.6 Å². The smallest absolute Gasteiger partial charge is 0.126 e. The molecule has 1 heterocycles. The van der Waals surface area contributed by atoms with E-state index in [1.54, 1.807) is 19.1 Å². The molecule has 0 bridgehead atoms. The largest absolute Gasteiger partial charge is 0.377 e. The summed E-state index contributed by atoms with van der Waals surface area (Å²) in [6.45, 7) is 2.76. The lowest BCUT2D eigenvalue weighted by Crippen LogP contribution is -2.41. The fraction of sp³-hybridized carbons (Fsp3) is 0.400. The Bertz CT molecular complexity index is 334. The van der Waals surface area contributed by atoms with Crippen LogP contribution in [-0.2, 0) is 9.61 Å². The first-order chi connectivity index (χ1) is 6.12. The van der Waals surface area contributed by atoms with Crippen LogP contribution in [0.3, 0.4) is 0 Å². The van der Waals surface area contributed by atoms with Crippen LogP contribution in [-0.4, -0.2) is 13.2 Å². The molecule has 2 rings (SSSR count). The van der Waals surface area contributed by atoms with Crippen molar-refractivity contribution in [2.75, 3.05) is 13.2 Å². The number of ether oxygens (including phenoxy) is 1. The van der Waals surface area contributed by atoms with E-state index in [1.807, 2.05) is 0 Å². The number of aryl methyl sites for hydroxylation is 1. The molecule has 1 aromatic carbocycles. The third-order valence-electron chi connectivity index (χ3n) is 2.34. The van der Waals surface area contributed by atoms with Gasteiger partial charge in [0.25, 0.3) is 0 Å². The van der Waals surface area contributed by atoms with E-state index in [-0.39, 0.29) is 5.82 Å². The van der Waals surface area contributed by atoms with Crippen LogP contribution in [0.4, 0.5) is 4.39 Å². The monoisotopic (exact) mass is 200 g/mol. The average Bonchev–Trinajstić information content (AvgIpc) is 2.06. The van der Waals surface area contributed by atoms with Gasteiger partial charge >= 0.3 is 0 Å².